The molecule has 3 nitrogen and oxygen atoms in total. The van der Waals surface area contributed by atoms with Gasteiger partial charge in [-0.15, -0.1) is 12.4 Å². The van der Waals surface area contributed by atoms with Crippen LogP contribution in [0.3, 0.4) is 0 Å². The highest BCUT2D eigenvalue weighted by atomic mass is 35.5. The Morgan fingerprint density at radius 2 is 2.14 bits per heavy atom. The Morgan fingerprint density at radius 3 is 2.64 bits per heavy atom. The molecule has 2 N–H and O–H groups in total. The van der Waals surface area contributed by atoms with E-state index < -0.39 is 0 Å². The van der Waals surface area contributed by atoms with Crippen molar-refractivity contribution in [3.05, 3.63) is 0 Å². The van der Waals surface area contributed by atoms with E-state index in [1.807, 2.05) is 14.0 Å². The molecule has 0 aliphatic heterocycles. The number of halogens is 1. The standard InChI is InChI=1S/C9H20N2OS.ClH/c1-8(10-2)7-11-9(12)5-4-6-13-3;/h8,10H,4-7H2,1-3H3,(H,11,12);1H. The zero-order chi connectivity index (χ0) is 10.1. The van der Waals surface area contributed by atoms with E-state index >= 15 is 0 Å². The summed E-state index contributed by atoms with van der Waals surface area (Å²) >= 11 is 1.78. The monoisotopic (exact) mass is 240 g/mol. The lowest BCUT2D eigenvalue weighted by Gasteiger charge is -2.10. The first-order valence-electron chi connectivity index (χ1n) is 4.63. The minimum Gasteiger partial charge on any atom is -0.355 e. The van der Waals surface area contributed by atoms with E-state index in [0.29, 0.717) is 19.0 Å². The lowest BCUT2D eigenvalue weighted by atomic mass is 10.3. The van der Waals surface area contributed by atoms with Crippen molar-refractivity contribution in [2.45, 2.75) is 25.8 Å². The number of carbonyl (C=O) groups excluding carboxylic acids is 1. The number of likely N-dealkylation sites (N-methyl/N-ethyl adjacent to an activating group) is 1. The van der Waals surface area contributed by atoms with Crippen molar-refractivity contribution in [3.63, 3.8) is 0 Å². The van der Waals surface area contributed by atoms with Gasteiger partial charge in [0.25, 0.3) is 0 Å². The maximum atomic E-state index is 11.2. The van der Waals surface area contributed by atoms with E-state index in [4.69, 9.17) is 0 Å². The van der Waals surface area contributed by atoms with E-state index in [9.17, 15) is 4.79 Å². The van der Waals surface area contributed by atoms with E-state index in [2.05, 4.69) is 16.9 Å². The maximum absolute atomic E-state index is 11.2. The number of nitrogens with one attached hydrogen (secondary N) is 2. The second-order valence-electron chi connectivity index (χ2n) is 3.09. The largest absolute Gasteiger partial charge is 0.355 e. The topological polar surface area (TPSA) is 41.1 Å². The number of thioether (sulfide) groups is 1. The molecule has 0 aliphatic rings. The molecule has 1 atom stereocenters. The molecule has 0 saturated heterocycles. The Hall–Kier alpha value is 0.0700. The fraction of sp³-hybridized carbons (Fsp3) is 0.889. The first kappa shape index (κ1) is 16.5. The first-order valence-corrected chi connectivity index (χ1v) is 6.03. The summed E-state index contributed by atoms with van der Waals surface area (Å²) in [4.78, 5) is 11.2. The lowest BCUT2D eigenvalue weighted by Crippen LogP contribution is -2.37. The Kier molecular flexibility index (Phi) is 13.1. The molecule has 0 bridgehead atoms. The number of hydrogen-bond acceptors (Lipinski definition) is 3. The Labute approximate surface area is 97.2 Å². The molecule has 0 aromatic carbocycles. The van der Waals surface area contributed by atoms with Crippen molar-refractivity contribution >= 4 is 30.1 Å². The van der Waals surface area contributed by atoms with E-state index in [0.717, 1.165) is 12.2 Å². The van der Waals surface area contributed by atoms with Gasteiger partial charge in [-0.1, -0.05) is 0 Å². The minimum absolute atomic E-state index is 0. The lowest BCUT2D eigenvalue weighted by molar-refractivity contribution is -0.121. The van der Waals surface area contributed by atoms with Crippen LogP contribution in [0.5, 0.6) is 0 Å². The van der Waals surface area contributed by atoms with E-state index in [1.165, 1.54) is 0 Å². The van der Waals surface area contributed by atoms with Crippen LogP contribution < -0.4 is 10.6 Å². The smallest absolute Gasteiger partial charge is 0.220 e. The summed E-state index contributed by atoms with van der Waals surface area (Å²) in [5.74, 6) is 1.23. The van der Waals surface area contributed by atoms with Crippen LogP contribution in [-0.2, 0) is 4.79 Å². The van der Waals surface area contributed by atoms with Crippen LogP contribution in [0.15, 0.2) is 0 Å². The highest BCUT2D eigenvalue weighted by Gasteiger charge is 2.02. The summed E-state index contributed by atoms with van der Waals surface area (Å²) in [5, 5.41) is 5.95. The fourth-order valence-electron chi connectivity index (χ4n) is 0.834. The highest BCUT2D eigenvalue weighted by molar-refractivity contribution is 7.98. The number of rotatable bonds is 7. The average Bonchev–Trinajstić information content (AvgIpc) is 2.14. The summed E-state index contributed by atoms with van der Waals surface area (Å²) in [6.07, 6.45) is 3.68. The summed E-state index contributed by atoms with van der Waals surface area (Å²) in [6, 6.07) is 0.351. The molecule has 86 valence electrons. The maximum Gasteiger partial charge on any atom is 0.220 e. The van der Waals surface area contributed by atoms with E-state index in [1.54, 1.807) is 11.8 Å². The van der Waals surface area contributed by atoms with Gasteiger partial charge < -0.3 is 10.6 Å². The zero-order valence-electron chi connectivity index (χ0n) is 9.13. The number of carbonyl (C=O) groups is 1. The molecule has 0 rings (SSSR count). The van der Waals surface area contributed by atoms with Gasteiger partial charge in [-0.25, -0.2) is 0 Å². The predicted octanol–water partition coefficient (Wildman–Crippen LogP) is 1.28. The third-order valence-corrected chi connectivity index (χ3v) is 2.55. The molecule has 0 heterocycles. The van der Waals surface area contributed by atoms with Gasteiger partial charge in [0.1, 0.15) is 0 Å². The number of amides is 1. The molecule has 1 unspecified atom stereocenters. The van der Waals surface area contributed by atoms with Crippen LogP contribution in [0.25, 0.3) is 0 Å². The van der Waals surface area contributed by atoms with Crippen molar-refractivity contribution in [2.75, 3.05) is 25.6 Å². The Balaban J connectivity index is 0. The molecular weight excluding hydrogens is 220 g/mol. The SMILES string of the molecule is CNC(C)CNC(=O)CCCSC.Cl. The molecule has 1 amide bonds. The Morgan fingerprint density at radius 1 is 1.50 bits per heavy atom. The van der Waals surface area contributed by atoms with Crippen molar-refractivity contribution in [1.29, 1.82) is 0 Å². The van der Waals surface area contributed by atoms with Crippen LogP contribution in [0.1, 0.15) is 19.8 Å². The van der Waals surface area contributed by atoms with Crippen LogP contribution in [0.4, 0.5) is 0 Å². The third kappa shape index (κ3) is 10.2. The summed E-state index contributed by atoms with van der Waals surface area (Å²) < 4.78 is 0. The Bertz CT molecular complexity index is 147. The average molecular weight is 241 g/mol. The van der Waals surface area contributed by atoms with Gasteiger partial charge in [-0.2, -0.15) is 11.8 Å². The molecule has 0 aromatic rings. The molecule has 0 saturated carbocycles. The molecular formula is C9H21ClN2OS. The summed E-state index contributed by atoms with van der Waals surface area (Å²) in [5.41, 5.74) is 0. The molecule has 14 heavy (non-hydrogen) atoms. The predicted molar refractivity (Wildman–Crippen MR) is 66.4 cm³/mol. The van der Waals surface area contributed by atoms with Gasteiger partial charge in [0.2, 0.25) is 5.91 Å². The van der Waals surface area contributed by atoms with Crippen LogP contribution >= 0.6 is 24.2 Å². The molecule has 0 aliphatic carbocycles. The van der Waals surface area contributed by atoms with E-state index in [-0.39, 0.29) is 18.3 Å². The van der Waals surface area contributed by atoms with Gasteiger partial charge >= 0.3 is 0 Å². The molecule has 0 aromatic heterocycles. The summed E-state index contributed by atoms with van der Waals surface area (Å²) in [7, 11) is 1.89. The highest BCUT2D eigenvalue weighted by Crippen LogP contribution is 1.98. The van der Waals surface area contributed by atoms with Crippen LogP contribution in [0, 0.1) is 0 Å². The normalized spacial score (nSPS) is 11.6. The minimum atomic E-state index is 0. The summed E-state index contributed by atoms with van der Waals surface area (Å²) in [6.45, 7) is 2.76. The van der Waals surface area contributed by atoms with Crippen molar-refractivity contribution in [1.82, 2.24) is 10.6 Å². The molecule has 0 fully saturated rings. The van der Waals surface area contributed by atoms with Gasteiger partial charge in [0, 0.05) is 19.0 Å². The van der Waals surface area contributed by atoms with Crippen molar-refractivity contribution in [3.8, 4) is 0 Å². The number of hydrogen-bond donors (Lipinski definition) is 2. The molecule has 0 spiro atoms. The van der Waals surface area contributed by atoms with Crippen LogP contribution in [0.2, 0.25) is 0 Å². The third-order valence-electron chi connectivity index (χ3n) is 1.85. The van der Waals surface area contributed by atoms with Gasteiger partial charge in [-0.05, 0) is 32.4 Å². The van der Waals surface area contributed by atoms with Crippen LogP contribution in [-0.4, -0.2) is 37.6 Å². The molecule has 0 radical (unpaired) electrons. The van der Waals surface area contributed by atoms with Crippen molar-refractivity contribution in [2.24, 2.45) is 0 Å². The zero-order valence-corrected chi connectivity index (χ0v) is 10.8. The van der Waals surface area contributed by atoms with Gasteiger partial charge in [0.05, 0.1) is 0 Å². The molecule has 5 heteroatoms. The first-order chi connectivity index (χ1) is 6.20. The fourth-order valence-corrected chi connectivity index (χ4v) is 1.27. The van der Waals surface area contributed by atoms with Gasteiger partial charge in [0.15, 0.2) is 0 Å². The second-order valence-corrected chi connectivity index (χ2v) is 4.08. The second kappa shape index (κ2) is 11.1. The van der Waals surface area contributed by atoms with Crippen molar-refractivity contribution < 1.29 is 4.79 Å². The quantitative estimate of drug-likeness (QED) is 0.659. The van der Waals surface area contributed by atoms with Gasteiger partial charge in [-0.3, -0.25) is 4.79 Å².